The van der Waals surface area contributed by atoms with E-state index in [1.54, 1.807) is 6.92 Å². The summed E-state index contributed by atoms with van der Waals surface area (Å²) in [6, 6.07) is 18.4. The van der Waals surface area contributed by atoms with Crippen molar-refractivity contribution in [2.45, 2.75) is 50.6 Å². The summed E-state index contributed by atoms with van der Waals surface area (Å²) < 4.78 is 5.26. The summed E-state index contributed by atoms with van der Waals surface area (Å²) >= 11 is 0. The second kappa shape index (κ2) is 12.2. The number of likely N-dealkylation sites (tertiary alicyclic amines) is 1. The molecule has 176 valence electrons. The average Bonchev–Trinajstić information content (AvgIpc) is 2.96. The quantitative estimate of drug-likeness (QED) is 0.538. The zero-order valence-corrected chi connectivity index (χ0v) is 19.0. The van der Waals surface area contributed by atoms with E-state index in [1.807, 2.05) is 60.7 Å². The summed E-state index contributed by atoms with van der Waals surface area (Å²) in [5.74, 6) is -1.70. The SMILES string of the molecule is CCOC(=O)[C@H](CCc1ccccc1)N[C@H]1CC[C@H](c2ccccc2)CN(CC(=O)O)C1=O. The molecule has 0 aromatic heterocycles. The zero-order valence-electron chi connectivity index (χ0n) is 19.0. The first-order valence-corrected chi connectivity index (χ1v) is 11.5. The van der Waals surface area contributed by atoms with E-state index < -0.39 is 24.0 Å². The predicted molar refractivity (Wildman–Crippen MR) is 125 cm³/mol. The Labute approximate surface area is 194 Å². The van der Waals surface area contributed by atoms with Gasteiger partial charge in [-0.2, -0.15) is 0 Å². The third kappa shape index (κ3) is 7.15. The number of ether oxygens (including phenoxy) is 1. The van der Waals surface area contributed by atoms with Gasteiger partial charge in [0.05, 0.1) is 12.6 Å². The number of benzene rings is 2. The Morgan fingerprint density at radius 2 is 1.76 bits per heavy atom. The Kier molecular flexibility index (Phi) is 9.01. The number of nitrogens with one attached hydrogen (secondary N) is 1. The third-order valence-corrected chi connectivity index (χ3v) is 5.99. The molecule has 1 aliphatic rings. The zero-order chi connectivity index (χ0) is 23.6. The smallest absolute Gasteiger partial charge is 0.323 e. The number of carbonyl (C=O) groups excluding carboxylic acids is 2. The van der Waals surface area contributed by atoms with Crippen molar-refractivity contribution in [3.05, 3.63) is 71.8 Å². The molecule has 1 amide bonds. The maximum atomic E-state index is 13.3. The lowest BCUT2D eigenvalue weighted by Gasteiger charge is -2.27. The van der Waals surface area contributed by atoms with Crippen molar-refractivity contribution in [2.75, 3.05) is 19.7 Å². The summed E-state index contributed by atoms with van der Waals surface area (Å²) in [5, 5.41) is 12.6. The van der Waals surface area contributed by atoms with Crippen molar-refractivity contribution in [3.8, 4) is 0 Å². The fourth-order valence-corrected chi connectivity index (χ4v) is 4.33. The van der Waals surface area contributed by atoms with Gasteiger partial charge in [0, 0.05) is 12.5 Å². The molecule has 0 saturated carbocycles. The average molecular weight is 453 g/mol. The number of rotatable bonds is 10. The van der Waals surface area contributed by atoms with Gasteiger partial charge < -0.3 is 14.7 Å². The molecule has 1 saturated heterocycles. The van der Waals surface area contributed by atoms with E-state index >= 15 is 0 Å². The number of nitrogens with zero attached hydrogens (tertiary/aromatic N) is 1. The fraction of sp³-hybridized carbons (Fsp3) is 0.423. The largest absolute Gasteiger partial charge is 0.480 e. The van der Waals surface area contributed by atoms with E-state index in [4.69, 9.17) is 4.74 Å². The minimum atomic E-state index is -1.05. The van der Waals surface area contributed by atoms with Gasteiger partial charge in [0.25, 0.3) is 0 Å². The van der Waals surface area contributed by atoms with Gasteiger partial charge in [-0.3, -0.25) is 19.7 Å². The number of aryl methyl sites for hydroxylation is 1. The van der Waals surface area contributed by atoms with Gasteiger partial charge in [-0.15, -0.1) is 0 Å². The molecule has 7 nitrogen and oxygen atoms in total. The number of hydrogen-bond donors (Lipinski definition) is 2. The van der Waals surface area contributed by atoms with Gasteiger partial charge in [0.15, 0.2) is 0 Å². The van der Waals surface area contributed by atoms with Crippen molar-refractivity contribution < 1.29 is 24.2 Å². The molecule has 2 N–H and O–H groups in total. The fourth-order valence-electron chi connectivity index (χ4n) is 4.33. The molecular formula is C26H32N2O5. The molecule has 0 aliphatic carbocycles. The summed E-state index contributed by atoms with van der Waals surface area (Å²) in [4.78, 5) is 38.8. The molecule has 7 heteroatoms. The van der Waals surface area contributed by atoms with Crippen LogP contribution in [0.1, 0.15) is 43.2 Å². The van der Waals surface area contributed by atoms with Gasteiger partial charge >= 0.3 is 11.9 Å². The van der Waals surface area contributed by atoms with Crippen LogP contribution >= 0.6 is 0 Å². The van der Waals surface area contributed by atoms with Gasteiger partial charge in [0.1, 0.15) is 12.6 Å². The Balaban J connectivity index is 1.77. The highest BCUT2D eigenvalue weighted by Gasteiger charge is 2.35. The van der Waals surface area contributed by atoms with Crippen LogP contribution in [0.2, 0.25) is 0 Å². The van der Waals surface area contributed by atoms with E-state index in [-0.39, 0.29) is 25.0 Å². The van der Waals surface area contributed by atoms with Crippen LogP contribution in [0.5, 0.6) is 0 Å². The Hall–Kier alpha value is -3.19. The molecule has 2 aromatic rings. The molecule has 3 rings (SSSR count). The molecule has 2 aromatic carbocycles. The number of carboxylic acid groups (broad SMARTS) is 1. The van der Waals surface area contributed by atoms with Gasteiger partial charge in [-0.05, 0) is 43.7 Å². The molecule has 3 atom stereocenters. The number of aliphatic carboxylic acids is 1. The Morgan fingerprint density at radius 1 is 1.09 bits per heavy atom. The van der Waals surface area contributed by atoms with Gasteiger partial charge in [0.2, 0.25) is 5.91 Å². The van der Waals surface area contributed by atoms with Crippen LogP contribution in [-0.2, 0) is 25.5 Å². The molecule has 0 radical (unpaired) electrons. The number of amides is 1. The summed E-state index contributed by atoms with van der Waals surface area (Å²) in [5.41, 5.74) is 2.17. The Bertz CT molecular complexity index is 919. The minimum Gasteiger partial charge on any atom is -0.480 e. The van der Waals surface area contributed by atoms with Gasteiger partial charge in [-0.1, -0.05) is 60.7 Å². The van der Waals surface area contributed by atoms with Crippen LogP contribution in [0.4, 0.5) is 0 Å². The third-order valence-electron chi connectivity index (χ3n) is 5.99. The molecule has 33 heavy (non-hydrogen) atoms. The second-order valence-corrected chi connectivity index (χ2v) is 8.35. The van der Waals surface area contributed by atoms with E-state index in [0.29, 0.717) is 32.2 Å². The summed E-state index contributed by atoms with van der Waals surface area (Å²) in [6.45, 7) is 1.97. The first kappa shape index (κ1) is 24.5. The molecule has 0 spiro atoms. The van der Waals surface area contributed by atoms with Crippen molar-refractivity contribution >= 4 is 17.8 Å². The summed E-state index contributed by atoms with van der Waals surface area (Å²) in [7, 11) is 0. The summed E-state index contributed by atoms with van der Waals surface area (Å²) in [6.07, 6.45) is 2.35. The van der Waals surface area contributed by atoms with Crippen molar-refractivity contribution in [2.24, 2.45) is 0 Å². The van der Waals surface area contributed by atoms with Crippen LogP contribution in [0, 0.1) is 0 Å². The first-order valence-electron chi connectivity index (χ1n) is 11.5. The van der Waals surface area contributed by atoms with Gasteiger partial charge in [-0.25, -0.2) is 0 Å². The standard InChI is InChI=1S/C26H32N2O5/c1-2-33-26(32)23(15-13-19-9-5-3-6-10-19)27-22-16-14-21(20-11-7-4-8-12-20)17-28(25(22)31)18-24(29)30/h3-12,21-23,27H,2,13-18H2,1H3,(H,29,30)/t21-,22-,23-/m0/s1. The van der Waals surface area contributed by atoms with E-state index in [9.17, 15) is 19.5 Å². The van der Waals surface area contributed by atoms with Crippen LogP contribution < -0.4 is 5.32 Å². The van der Waals surface area contributed by atoms with Crippen LogP contribution in [0.15, 0.2) is 60.7 Å². The first-order chi connectivity index (χ1) is 16.0. The van der Waals surface area contributed by atoms with Crippen LogP contribution in [0.3, 0.4) is 0 Å². The van der Waals surface area contributed by atoms with E-state index in [2.05, 4.69) is 5.32 Å². The van der Waals surface area contributed by atoms with Crippen molar-refractivity contribution in [1.82, 2.24) is 10.2 Å². The molecule has 0 bridgehead atoms. The maximum Gasteiger partial charge on any atom is 0.323 e. The molecule has 0 unspecified atom stereocenters. The number of esters is 1. The molecular weight excluding hydrogens is 420 g/mol. The number of carboxylic acids is 1. The highest BCUT2D eigenvalue weighted by atomic mass is 16.5. The highest BCUT2D eigenvalue weighted by Crippen LogP contribution is 2.27. The number of hydrogen-bond acceptors (Lipinski definition) is 5. The van der Waals surface area contributed by atoms with Crippen molar-refractivity contribution in [1.29, 1.82) is 0 Å². The maximum absolute atomic E-state index is 13.3. The molecule has 1 aliphatic heterocycles. The lowest BCUT2D eigenvalue weighted by atomic mass is 9.93. The van der Waals surface area contributed by atoms with Crippen LogP contribution in [0.25, 0.3) is 0 Å². The second-order valence-electron chi connectivity index (χ2n) is 8.35. The normalized spacial score (nSPS) is 19.5. The molecule has 1 heterocycles. The van der Waals surface area contributed by atoms with Crippen LogP contribution in [-0.4, -0.2) is 59.6 Å². The molecule has 1 fully saturated rings. The Morgan fingerprint density at radius 3 is 2.39 bits per heavy atom. The minimum absolute atomic E-state index is 0.0339. The lowest BCUT2D eigenvalue weighted by Crippen LogP contribution is -2.52. The van der Waals surface area contributed by atoms with Crippen molar-refractivity contribution in [3.63, 3.8) is 0 Å². The topological polar surface area (TPSA) is 95.9 Å². The van der Waals surface area contributed by atoms with E-state index in [0.717, 1.165) is 11.1 Å². The highest BCUT2D eigenvalue weighted by molar-refractivity contribution is 5.86. The van der Waals surface area contributed by atoms with E-state index in [1.165, 1.54) is 4.90 Å². The lowest BCUT2D eigenvalue weighted by molar-refractivity contribution is -0.148. The monoisotopic (exact) mass is 452 g/mol. The predicted octanol–water partition coefficient (Wildman–Crippen LogP) is 3.00. The number of carbonyl (C=O) groups is 3.